The van der Waals surface area contributed by atoms with Crippen LogP contribution in [0.1, 0.15) is 5.69 Å². The van der Waals surface area contributed by atoms with E-state index >= 15 is 0 Å². The van der Waals surface area contributed by atoms with Gasteiger partial charge in [-0.25, -0.2) is 0 Å². The number of rotatable bonds is 6. The average Bonchev–Trinajstić information content (AvgIpc) is 2.68. The maximum atomic E-state index is 8.45. The van der Waals surface area contributed by atoms with Crippen LogP contribution < -0.4 is 10.1 Å². The monoisotopic (exact) mass is 527 g/mol. The number of nitrogens with zero attached hydrogens (tertiary/aromatic N) is 2. The van der Waals surface area contributed by atoms with Crippen molar-refractivity contribution < 1.29 is 9.84 Å². The lowest BCUT2D eigenvalue weighted by Crippen LogP contribution is -2.18. The third-order valence-corrected chi connectivity index (χ3v) is 4.90. The van der Waals surface area contributed by atoms with Crippen LogP contribution in [-0.2, 0) is 6.54 Å². The minimum Gasteiger partial charge on any atom is -0.451 e. The molecule has 0 radical (unpaired) electrons. The average molecular weight is 530 g/mol. The molecule has 0 saturated carbocycles. The maximum Gasteiger partial charge on any atom is 0.164 e. The number of aliphatic hydroxyl groups is 1. The fourth-order valence-electron chi connectivity index (χ4n) is 2.07. The van der Waals surface area contributed by atoms with E-state index in [4.69, 9.17) is 79.4 Å². The van der Waals surface area contributed by atoms with E-state index in [9.17, 15) is 0 Å². The highest BCUT2D eigenvalue weighted by atomic mass is 35.5. The molecule has 1 heterocycles. The molecule has 0 aliphatic rings. The molecule has 3 aromatic rings. The zero-order valence-electron chi connectivity index (χ0n) is 15.2. The number of hydrogen-bond donors (Lipinski definition) is 2. The first-order valence-corrected chi connectivity index (χ1v) is 10.6. The van der Waals surface area contributed by atoms with E-state index in [1.807, 2.05) is 0 Å². The Morgan fingerprint density at radius 1 is 0.800 bits per heavy atom. The van der Waals surface area contributed by atoms with Crippen molar-refractivity contribution in [3.8, 4) is 11.5 Å². The normalized spacial score (nSPS) is 10.4. The van der Waals surface area contributed by atoms with Gasteiger partial charge in [0, 0.05) is 41.7 Å². The molecule has 0 unspecified atom stereocenters. The van der Waals surface area contributed by atoms with Crippen molar-refractivity contribution in [3.05, 3.63) is 78.7 Å². The Bertz CT molecular complexity index is 874. The summed E-state index contributed by atoms with van der Waals surface area (Å²) in [6.07, 6.45) is 4.98. The molecule has 2 N–H and O–H groups in total. The predicted octanol–water partition coefficient (Wildman–Crippen LogP) is 6.96. The number of hydrogen-bond acceptors (Lipinski definition) is 5. The van der Waals surface area contributed by atoms with Gasteiger partial charge in [-0.2, -0.15) is 0 Å². The number of aromatic nitrogens is 2. The standard InChI is InChI=1S/C12H4Cl6O.C7H11N3O/c13-5-1-7(15)11(8(16)2-5)19-12-9(17)3-6(14)4-10(12)18;11-4-3-9-6-7-5-8-1-2-10-7/h1-4H;1-2,5,9,11H,3-4,6H2. The van der Waals surface area contributed by atoms with Crippen LogP contribution in [0.5, 0.6) is 11.5 Å². The molecule has 0 amide bonds. The molecule has 5 nitrogen and oxygen atoms in total. The van der Waals surface area contributed by atoms with Gasteiger partial charge in [0.05, 0.1) is 32.4 Å². The summed E-state index contributed by atoms with van der Waals surface area (Å²) in [5, 5.41) is 13.2. The summed E-state index contributed by atoms with van der Waals surface area (Å²) >= 11 is 35.7. The lowest BCUT2D eigenvalue weighted by Gasteiger charge is -2.12. The molecule has 2 aromatic carbocycles. The molecule has 0 aliphatic carbocycles. The Balaban J connectivity index is 0.000000248. The summed E-state index contributed by atoms with van der Waals surface area (Å²) in [5.41, 5.74) is 0.890. The zero-order chi connectivity index (χ0) is 22.1. The van der Waals surface area contributed by atoms with Crippen LogP contribution in [0.15, 0.2) is 42.9 Å². The van der Waals surface area contributed by atoms with Crippen LogP contribution in [0.25, 0.3) is 0 Å². The van der Waals surface area contributed by atoms with Crippen LogP contribution in [0.3, 0.4) is 0 Å². The quantitative estimate of drug-likeness (QED) is 0.338. The molecule has 0 fully saturated rings. The number of ether oxygens (including phenoxy) is 1. The fraction of sp³-hybridized carbons (Fsp3) is 0.158. The molecule has 30 heavy (non-hydrogen) atoms. The molecular formula is C19H15Cl6N3O2. The summed E-state index contributed by atoms with van der Waals surface area (Å²) in [6.45, 7) is 1.41. The second-order valence-corrected chi connectivity index (χ2v) is 8.10. The predicted molar refractivity (Wildman–Crippen MR) is 124 cm³/mol. The SMILES string of the molecule is Clc1cc(Cl)c(Oc2c(Cl)cc(Cl)cc2Cl)c(Cl)c1.OCCNCc1cnccn1. The lowest BCUT2D eigenvalue weighted by molar-refractivity contribution is 0.291. The topological polar surface area (TPSA) is 67.3 Å². The second kappa shape index (κ2) is 12.7. The number of benzene rings is 2. The Hall–Kier alpha value is -1.02. The molecule has 1 aromatic heterocycles. The highest BCUT2D eigenvalue weighted by Crippen LogP contribution is 2.44. The molecule has 0 bridgehead atoms. The van der Waals surface area contributed by atoms with Crippen molar-refractivity contribution in [3.63, 3.8) is 0 Å². The maximum absolute atomic E-state index is 8.45. The fourth-order valence-corrected chi connectivity index (χ4v) is 3.86. The molecule has 0 atom stereocenters. The Morgan fingerprint density at radius 2 is 1.30 bits per heavy atom. The van der Waals surface area contributed by atoms with E-state index in [1.54, 1.807) is 18.6 Å². The third kappa shape index (κ3) is 7.91. The summed E-state index contributed by atoms with van der Waals surface area (Å²) in [7, 11) is 0. The van der Waals surface area contributed by atoms with Crippen LogP contribution in [0.2, 0.25) is 30.1 Å². The number of aliphatic hydroxyl groups excluding tert-OH is 1. The first-order chi connectivity index (χ1) is 14.3. The summed E-state index contributed by atoms with van der Waals surface area (Å²) in [6, 6.07) is 6.01. The Labute approximate surface area is 203 Å². The molecular weight excluding hydrogens is 515 g/mol. The summed E-state index contributed by atoms with van der Waals surface area (Å²) < 4.78 is 5.57. The van der Waals surface area contributed by atoms with E-state index < -0.39 is 0 Å². The smallest absolute Gasteiger partial charge is 0.164 e. The van der Waals surface area contributed by atoms with Gasteiger partial charge in [-0.3, -0.25) is 9.97 Å². The van der Waals surface area contributed by atoms with E-state index in [0.717, 1.165) is 5.69 Å². The van der Waals surface area contributed by atoms with Crippen LogP contribution in [0, 0.1) is 0 Å². The number of halogens is 6. The molecule has 160 valence electrons. The molecule has 0 spiro atoms. The summed E-state index contributed by atoms with van der Waals surface area (Å²) in [4.78, 5) is 7.94. The van der Waals surface area contributed by atoms with Crippen molar-refractivity contribution in [1.82, 2.24) is 15.3 Å². The first kappa shape index (κ1) is 25.2. The van der Waals surface area contributed by atoms with E-state index in [0.29, 0.717) is 23.1 Å². The minimum atomic E-state index is 0.153. The van der Waals surface area contributed by atoms with Crippen LogP contribution in [-0.4, -0.2) is 28.2 Å². The minimum absolute atomic E-state index is 0.153. The van der Waals surface area contributed by atoms with E-state index in [1.165, 1.54) is 24.3 Å². The summed E-state index contributed by atoms with van der Waals surface area (Å²) in [5.74, 6) is 0.442. The van der Waals surface area contributed by atoms with Crippen molar-refractivity contribution in [2.45, 2.75) is 6.54 Å². The molecule has 3 rings (SSSR count). The van der Waals surface area contributed by atoms with Gasteiger partial charge < -0.3 is 15.2 Å². The second-order valence-electron chi connectivity index (χ2n) is 5.60. The van der Waals surface area contributed by atoms with Crippen molar-refractivity contribution in [2.75, 3.05) is 13.2 Å². The van der Waals surface area contributed by atoms with Crippen molar-refractivity contribution in [1.29, 1.82) is 0 Å². The van der Waals surface area contributed by atoms with Gasteiger partial charge in [-0.15, -0.1) is 0 Å². The van der Waals surface area contributed by atoms with Crippen molar-refractivity contribution in [2.24, 2.45) is 0 Å². The zero-order valence-corrected chi connectivity index (χ0v) is 19.7. The molecule has 0 saturated heterocycles. The van der Waals surface area contributed by atoms with Gasteiger partial charge in [0.1, 0.15) is 0 Å². The van der Waals surface area contributed by atoms with Gasteiger partial charge >= 0.3 is 0 Å². The highest BCUT2D eigenvalue weighted by molar-refractivity contribution is 6.41. The van der Waals surface area contributed by atoms with Gasteiger partial charge in [0.2, 0.25) is 0 Å². The third-order valence-electron chi connectivity index (χ3n) is 3.34. The lowest BCUT2D eigenvalue weighted by atomic mass is 10.3. The first-order valence-electron chi connectivity index (χ1n) is 8.35. The van der Waals surface area contributed by atoms with Crippen LogP contribution in [0.4, 0.5) is 0 Å². The van der Waals surface area contributed by atoms with Crippen molar-refractivity contribution >= 4 is 69.6 Å². The molecule has 0 aliphatic heterocycles. The van der Waals surface area contributed by atoms with E-state index in [-0.39, 0.29) is 38.2 Å². The molecule has 11 heteroatoms. The van der Waals surface area contributed by atoms with Gasteiger partial charge in [0.15, 0.2) is 11.5 Å². The Kier molecular flexibility index (Phi) is 10.7. The van der Waals surface area contributed by atoms with E-state index in [2.05, 4.69) is 15.3 Å². The highest BCUT2D eigenvalue weighted by Gasteiger charge is 2.15. The van der Waals surface area contributed by atoms with Gasteiger partial charge in [-0.05, 0) is 24.3 Å². The van der Waals surface area contributed by atoms with Crippen LogP contribution >= 0.6 is 69.6 Å². The van der Waals surface area contributed by atoms with Gasteiger partial charge in [0.25, 0.3) is 0 Å². The Morgan fingerprint density at radius 3 is 1.70 bits per heavy atom. The number of nitrogens with one attached hydrogen (secondary N) is 1. The van der Waals surface area contributed by atoms with Gasteiger partial charge in [-0.1, -0.05) is 69.6 Å². The largest absolute Gasteiger partial charge is 0.451 e.